The summed E-state index contributed by atoms with van der Waals surface area (Å²) in [5.74, 6) is 1.38. The highest BCUT2D eigenvalue weighted by Crippen LogP contribution is 2.38. The largest absolute Gasteiger partial charge is 0.486 e. The summed E-state index contributed by atoms with van der Waals surface area (Å²) >= 11 is 0. The summed E-state index contributed by atoms with van der Waals surface area (Å²) < 4.78 is 8.35. The molecule has 6 rings (SSSR count). The highest BCUT2D eigenvalue weighted by Gasteiger charge is 2.19. The Labute approximate surface area is 234 Å². The van der Waals surface area contributed by atoms with Crippen LogP contribution in [0.1, 0.15) is 43.1 Å². The standard InChI is InChI=1S/C34H33N5O/c1-2-3-6-15-30-31-22-28(26-16-19-29(20-17-26)40-24-33-35-37-38-36-33)18-21-32(31)39(23-25-11-7-4-8-12-25)34(30)27-13-9-5-10-14-27/h4-5,7-14,16-22H,2-3,6,15,23-24H2,1H3,(H,35,36,37,38). The van der Waals surface area contributed by atoms with Crippen LogP contribution in [-0.4, -0.2) is 25.2 Å². The van der Waals surface area contributed by atoms with E-state index in [1.807, 2.05) is 12.1 Å². The topological polar surface area (TPSA) is 68.6 Å². The Kier molecular flexibility index (Phi) is 7.66. The predicted octanol–water partition coefficient (Wildman–Crippen LogP) is 7.85. The van der Waals surface area contributed by atoms with E-state index >= 15 is 0 Å². The molecule has 0 aliphatic carbocycles. The van der Waals surface area contributed by atoms with Crippen molar-refractivity contribution in [3.05, 3.63) is 120 Å². The second-order valence-corrected chi connectivity index (χ2v) is 10.1. The number of nitrogens with zero attached hydrogens (tertiary/aromatic N) is 4. The molecule has 4 aromatic carbocycles. The lowest BCUT2D eigenvalue weighted by molar-refractivity contribution is 0.296. The monoisotopic (exact) mass is 527 g/mol. The smallest absolute Gasteiger partial charge is 0.186 e. The van der Waals surface area contributed by atoms with Crippen LogP contribution in [-0.2, 0) is 19.6 Å². The third-order valence-electron chi connectivity index (χ3n) is 7.38. The Balaban J connectivity index is 1.41. The molecule has 0 atom stereocenters. The van der Waals surface area contributed by atoms with Crippen molar-refractivity contribution in [3.8, 4) is 28.1 Å². The van der Waals surface area contributed by atoms with Crippen LogP contribution in [0.5, 0.6) is 5.75 Å². The minimum atomic E-state index is 0.302. The van der Waals surface area contributed by atoms with E-state index in [-0.39, 0.29) is 0 Å². The van der Waals surface area contributed by atoms with Gasteiger partial charge in [0.05, 0.1) is 5.69 Å². The molecule has 0 saturated heterocycles. The van der Waals surface area contributed by atoms with Gasteiger partial charge in [-0.1, -0.05) is 98.6 Å². The molecule has 200 valence electrons. The molecule has 6 nitrogen and oxygen atoms in total. The molecule has 0 amide bonds. The zero-order valence-corrected chi connectivity index (χ0v) is 22.8. The van der Waals surface area contributed by atoms with E-state index in [1.54, 1.807) is 0 Å². The maximum absolute atomic E-state index is 5.83. The average Bonchev–Trinajstić information content (AvgIpc) is 3.64. The van der Waals surface area contributed by atoms with Gasteiger partial charge >= 0.3 is 0 Å². The minimum absolute atomic E-state index is 0.302. The number of tetrazole rings is 1. The molecule has 0 bridgehead atoms. The third kappa shape index (κ3) is 5.52. The first-order valence-electron chi connectivity index (χ1n) is 14.0. The summed E-state index contributed by atoms with van der Waals surface area (Å²) in [6.45, 7) is 3.41. The van der Waals surface area contributed by atoms with Gasteiger partial charge in [-0.15, -0.1) is 5.10 Å². The Morgan fingerprint density at radius 3 is 2.25 bits per heavy atom. The molecule has 0 aliphatic rings. The number of hydrogen-bond acceptors (Lipinski definition) is 4. The van der Waals surface area contributed by atoms with Gasteiger partial charge < -0.3 is 9.30 Å². The van der Waals surface area contributed by atoms with Crippen LogP contribution in [0.3, 0.4) is 0 Å². The van der Waals surface area contributed by atoms with Gasteiger partial charge in [-0.2, -0.15) is 0 Å². The fraction of sp³-hybridized carbons (Fsp3) is 0.206. The summed E-state index contributed by atoms with van der Waals surface area (Å²) in [4.78, 5) is 0. The molecule has 2 aromatic heterocycles. The molecular weight excluding hydrogens is 494 g/mol. The van der Waals surface area contributed by atoms with E-state index in [0.717, 1.165) is 24.3 Å². The summed E-state index contributed by atoms with van der Waals surface area (Å²) in [5, 5.41) is 15.1. The normalized spacial score (nSPS) is 11.2. The van der Waals surface area contributed by atoms with Gasteiger partial charge in [-0.25, -0.2) is 5.10 Å². The van der Waals surface area contributed by atoms with Crippen LogP contribution in [0.2, 0.25) is 0 Å². The molecule has 40 heavy (non-hydrogen) atoms. The Hall–Kier alpha value is -4.71. The lowest BCUT2D eigenvalue weighted by atomic mass is 9.97. The Bertz CT molecular complexity index is 1660. The van der Waals surface area contributed by atoms with Gasteiger partial charge in [0.25, 0.3) is 0 Å². The van der Waals surface area contributed by atoms with E-state index < -0.39 is 0 Å². The number of benzene rings is 4. The molecule has 0 radical (unpaired) electrons. The van der Waals surface area contributed by atoms with Crippen molar-refractivity contribution < 1.29 is 4.74 Å². The van der Waals surface area contributed by atoms with Crippen molar-refractivity contribution in [2.24, 2.45) is 0 Å². The zero-order valence-electron chi connectivity index (χ0n) is 22.8. The number of fused-ring (bicyclic) bond motifs is 1. The highest BCUT2D eigenvalue weighted by atomic mass is 16.5. The van der Waals surface area contributed by atoms with Crippen molar-refractivity contribution in [2.45, 2.75) is 45.8 Å². The lowest BCUT2D eigenvalue weighted by Crippen LogP contribution is -2.03. The summed E-state index contributed by atoms with van der Waals surface area (Å²) in [7, 11) is 0. The van der Waals surface area contributed by atoms with Crippen LogP contribution in [0.4, 0.5) is 0 Å². The Morgan fingerprint density at radius 1 is 0.775 bits per heavy atom. The molecular formula is C34H33N5O. The fourth-order valence-electron chi connectivity index (χ4n) is 5.40. The van der Waals surface area contributed by atoms with Gasteiger partial charge in [0.15, 0.2) is 5.82 Å². The lowest BCUT2D eigenvalue weighted by Gasteiger charge is -2.13. The molecule has 6 aromatic rings. The van der Waals surface area contributed by atoms with Gasteiger partial charge in [0.2, 0.25) is 0 Å². The van der Waals surface area contributed by atoms with E-state index in [9.17, 15) is 0 Å². The SMILES string of the molecule is CCCCCc1c(-c2ccccc2)n(Cc2ccccc2)c2ccc(-c3ccc(OCc4nnn[nH]4)cc3)cc12. The molecule has 1 N–H and O–H groups in total. The molecule has 0 aliphatic heterocycles. The van der Waals surface area contributed by atoms with Crippen LogP contribution in [0, 0.1) is 0 Å². The molecule has 0 spiro atoms. The van der Waals surface area contributed by atoms with E-state index in [1.165, 1.54) is 58.1 Å². The van der Waals surface area contributed by atoms with Crippen LogP contribution >= 0.6 is 0 Å². The molecule has 0 saturated carbocycles. The van der Waals surface area contributed by atoms with Crippen molar-refractivity contribution in [2.75, 3.05) is 0 Å². The second kappa shape index (κ2) is 12.0. The van der Waals surface area contributed by atoms with Gasteiger partial charge in [0.1, 0.15) is 12.4 Å². The van der Waals surface area contributed by atoms with E-state index in [4.69, 9.17) is 4.74 Å². The first-order valence-corrected chi connectivity index (χ1v) is 14.0. The molecule has 6 heteroatoms. The summed E-state index contributed by atoms with van der Waals surface area (Å²) in [6, 6.07) is 36.8. The second-order valence-electron chi connectivity index (χ2n) is 10.1. The predicted molar refractivity (Wildman–Crippen MR) is 160 cm³/mol. The number of aryl methyl sites for hydroxylation is 1. The number of aromatic amines is 1. The number of unbranched alkanes of at least 4 members (excludes halogenated alkanes) is 2. The Morgan fingerprint density at radius 2 is 1.52 bits per heavy atom. The number of nitrogens with one attached hydrogen (secondary N) is 1. The maximum Gasteiger partial charge on any atom is 0.186 e. The fourth-order valence-corrected chi connectivity index (χ4v) is 5.40. The van der Waals surface area contributed by atoms with Crippen LogP contribution < -0.4 is 4.74 Å². The minimum Gasteiger partial charge on any atom is -0.486 e. The zero-order chi connectivity index (χ0) is 27.1. The third-order valence-corrected chi connectivity index (χ3v) is 7.38. The molecule has 0 fully saturated rings. The number of H-pyrrole nitrogens is 1. The van der Waals surface area contributed by atoms with E-state index in [0.29, 0.717) is 12.4 Å². The van der Waals surface area contributed by atoms with Gasteiger partial charge in [0, 0.05) is 17.4 Å². The first-order chi connectivity index (χ1) is 19.8. The van der Waals surface area contributed by atoms with Crippen molar-refractivity contribution >= 4 is 10.9 Å². The highest BCUT2D eigenvalue weighted by molar-refractivity contribution is 5.95. The summed E-state index contributed by atoms with van der Waals surface area (Å²) in [5.41, 5.74) is 8.98. The quantitative estimate of drug-likeness (QED) is 0.174. The number of aromatic nitrogens is 5. The average molecular weight is 528 g/mol. The number of rotatable bonds is 11. The number of ether oxygens (including phenoxy) is 1. The van der Waals surface area contributed by atoms with Gasteiger partial charge in [-0.3, -0.25) is 0 Å². The first kappa shape index (κ1) is 25.6. The van der Waals surface area contributed by atoms with E-state index in [2.05, 4.69) is 123 Å². The maximum atomic E-state index is 5.83. The van der Waals surface area contributed by atoms with Crippen molar-refractivity contribution in [3.63, 3.8) is 0 Å². The van der Waals surface area contributed by atoms with Crippen LogP contribution in [0.15, 0.2) is 103 Å². The van der Waals surface area contributed by atoms with Crippen molar-refractivity contribution in [1.82, 2.24) is 25.2 Å². The van der Waals surface area contributed by atoms with Crippen molar-refractivity contribution in [1.29, 1.82) is 0 Å². The van der Waals surface area contributed by atoms with Gasteiger partial charge in [-0.05, 0) is 75.4 Å². The van der Waals surface area contributed by atoms with Crippen LogP contribution in [0.25, 0.3) is 33.3 Å². The number of hydrogen-bond donors (Lipinski definition) is 1. The molecule has 2 heterocycles. The molecule has 0 unspecified atom stereocenters. The summed E-state index contributed by atoms with van der Waals surface area (Å²) in [6.07, 6.45) is 4.67.